The molecule has 32 heavy (non-hydrogen) atoms. The molecule has 1 unspecified atom stereocenters. The van der Waals surface area contributed by atoms with Crippen LogP contribution in [0, 0.1) is 12.8 Å². The molecule has 1 saturated carbocycles. The van der Waals surface area contributed by atoms with Gasteiger partial charge in [-0.25, -0.2) is 8.93 Å². The van der Waals surface area contributed by atoms with Crippen molar-refractivity contribution in [1.29, 1.82) is 0 Å². The summed E-state index contributed by atoms with van der Waals surface area (Å²) >= 11 is 0. The molecule has 1 aromatic carbocycles. The van der Waals surface area contributed by atoms with Crippen LogP contribution in [-0.2, 0) is 28.4 Å². The van der Waals surface area contributed by atoms with Gasteiger partial charge in [0.2, 0.25) is 0 Å². The third-order valence-electron chi connectivity index (χ3n) is 6.92. The minimum absolute atomic E-state index is 0.0707. The third kappa shape index (κ3) is 5.75. The molecule has 0 aliphatic heterocycles. The summed E-state index contributed by atoms with van der Waals surface area (Å²) in [6.45, 7) is 19.6. The van der Waals surface area contributed by atoms with Gasteiger partial charge in [-0.05, 0) is 71.4 Å². The van der Waals surface area contributed by atoms with Crippen molar-refractivity contribution in [3.05, 3.63) is 41.1 Å². The van der Waals surface area contributed by atoms with Crippen molar-refractivity contribution < 1.29 is 4.21 Å². The lowest BCUT2D eigenvalue weighted by molar-refractivity contribution is 0.318. The summed E-state index contributed by atoms with van der Waals surface area (Å²) in [6.07, 6.45) is 6.65. The van der Waals surface area contributed by atoms with Gasteiger partial charge < -0.3 is 4.57 Å². The largest absolute Gasteiger partial charge is 0.343 e. The van der Waals surface area contributed by atoms with Crippen LogP contribution in [0.2, 0.25) is 0 Å². The fourth-order valence-electron chi connectivity index (χ4n) is 4.76. The van der Waals surface area contributed by atoms with Gasteiger partial charge in [0.15, 0.2) is 0 Å². The van der Waals surface area contributed by atoms with Crippen LogP contribution in [-0.4, -0.2) is 15.3 Å². The van der Waals surface area contributed by atoms with Gasteiger partial charge in [0.1, 0.15) is 11.0 Å². The summed E-state index contributed by atoms with van der Waals surface area (Å²) in [4.78, 5) is 0.927. The highest BCUT2D eigenvalue weighted by Gasteiger charge is 2.25. The fourth-order valence-corrected chi connectivity index (χ4v) is 5.78. The molecule has 1 N–H and O–H groups in total. The van der Waals surface area contributed by atoms with Gasteiger partial charge in [0, 0.05) is 24.5 Å². The molecule has 0 amide bonds. The Labute approximate surface area is 199 Å². The number of hydrogen-bond donors (Lipinski definition) is 1. The number of rotatable bonds is 6. The Morgan fingerprint density at radius 3 is 2.00 bits per heavy atom. The van der Waals surface area contributed by atoms with Crippen LogP contribution in [0.1, 0.15) is 97.4 Å². The maximum Gasteiger partial charge on any atom is 0.126 e. The van der Waals surface area contributed by atoms with E-state index in [1.807, 2.05) is 6.92 Å². The Kier molecular flexibility index (Phi) is 7.77. The van der Waals surface area contributed by atoms with Crippen molar-refractivity contribution in [2.75, 3.05) is 6.54 Å². The van der Waals surface area contributed by atoms with E-state index in [0.29, 0.717) is 12.5 Å². The second-order valence-corrected chi connectivity index (χ2v) is 12.9. The molecule has 0 spiro atoms. The standard InChI is InChI=1S/C28H44N2OS/c1-9-29-32(31)26-18-25(30(20(26)2)19-21-13-11-10-12-14-21)22-15-23(27(3,4)5)17-24(16-22)28(6,7)8/h15-18,21,29H,9-14,19H2,1-8H3. The number of nitrogens with zero attached hydrogens (tertiary/aromatic N) is 1. The van der Waals surface area contributed by atoms with Crippen LogP contribution in [0.15, 0.2) is 29.2 Å². The second kappa shape index (κ2) is 9.85. The lowest BCUT2D eigenvalue weighted by Gasteiger charge is -2.27. The molecule has 178 valence electrons. The minimum Gasteiger partial charge on any atom is -0.343 e. The molecule has 1 heterocycles. The van der Waals surface area contributed by atoms with Crippen molar-refractivity contribution in [1.82, 2.24) is 9.29 Å². The quantitative estimate of drug-likeness (QED) is 0.487. The topological polar surface area (TPSA) is 34.0 Å². The minimum atomic E-state index is -1.18. The first-order valence-corrected chi connectivity index (χ1v) is 13.6. The van der Waals surface area contributed by atoms with Gasteiger partial charge in [0.05, 0.1) is 4.90 Å². The zero-order valence-electron chi connectivity index (χ0n) is 21.6. The summed E-state index contributed by atoms with van der Waals surface area (Å²) in [5.41, 5.74) is 6.47. The molecule has 1 aromatic heterocycles. The second-order valence-electron chi connectivity index (χ2n) is 11.7. The Balaban J connectivity index is 2.18. The number of benzene rings is 1. The lowest BCUT2D eigenvalue weighted by atomic mass is 9.79. The van der Waals surface area contributed by atoms with Gasteiger partial charge in [-0.3, -0.25) is 0 Å². The van der Waals surface area contributed by atoms with Crippen molar-refractivity contribution >= 4 is 11.0 Å². The van der Waals surface area contributed by atoms with Crippen molar-refractivity contribution in [2.24, 2.45) is 5.92 Å². The van der Waals surface area contributed by atoms with E-state index in [2.05, 4.69) is 82.0 Å². The lowest BCUT2D eigenvalue weighted by Crippen LogP contribution is -2.19. The van der Waals surface area contributed by atoms with Crippen molar-refractivity contribution in [3.63, 3.8) is 0 Å². The van der Waals surface area contributed by atoms with Gasteiger partial charge in [-0.2, -0.15) is 0 Å². The van der Waals surface area contributed by atoms with Gasteiger partial charge >= 0.3 is 0 Å². The van der Waals surface area contributed by atoms with E-state index in [1.165, 1.54) is 54.5 Å². The third-order valence-corrected chi connectivity index (χ3v) is 8.29. The van der Waals surface area contributed by atoms with Crippen LogP contribution in [0.5, 0.6) is 0 Å². The van der Waals surface area contributed by atoms with E-state index in [9.17, 15) is 4.21 Å². The summed E-state index contributed by atoms with van der Waals surface area (Å²) in [5.74, 6) is 0.710. The smallest absolute Gasteiger partial charge is 0.126 e. The highest BCUT2D eigenvalue weighted by atomic mass is 32.2. The summed E-state index contributed by atoms with van der Waals surface area (Å²) in [6, 6.07) is 9.29. The molecule has 0 bridgehead atoms. The SMILES string of the molecule is CCNS(=O)c1cc(-c2cc(C(C)(C)C)cc(C(C)(C)C)c2)n(CC2CCCCC2)c1C. The number of aromatic nitrogens is 1. The molecule has 1 atom stereocenters. The van der Waals surface area contributed by atoms with Gasteiger partial charge in [0.25, 0.3) is 0 Å². The Morgan fingerprint density at radius 2 is 1.50 bits per heavy atom. The van der Waals surface area contributed by atoms with Crippen molar-refractivity contribution in [2.45, 2.75) is 110 Å². The maximum atomic E-state index is 13.0. The number of nitrogens with one attached hydrogen (secondary N) is 1. The predicted molar refractivity (Wildman–Crippen MR) is 139 cm³/mol. The monoisotopic (exact) mass is 456 g/mol. The highest BCUT2D eigenvalue weighted by molar-refractivity contribution is 7.83. The number of hydrogen-bond acceptors (Lipinski definition) is 1. The molecule has 0 radical (unpaired) electrons. The molecule has 3 nitrogen and oxygen atoms in total. The van der Waals surface area contributed by atoms with E-state index in [0.717, 1.165) is 17.1 Å². The van der Waals surface area contributed by atoms with Crippen LogP contribution in [0.3, 0.4) is 0 Å². The summed E-state index contributed by atoms with van der Waals surface area (Å²) in [5, 5.41) is 0. The molecular weight excluding hydrogens is 412 g/mol. The van der Waals surface area contributed by atoms with E-state index in [-0.39, 0.29) is 10.8 Å². The Bertz CT molecular complexity index is 921. The summed E-state index contributed by atoms with van der Waals surface area (Å²) < 4.78 is 18.6. The van der Waals surface area contributed by atoms with Gasteiger partial charge in [-0.1, -0.05) is 73.8 Å². The molecule has 4 heteroatoms. The summed E-state index contributed by atoms with van der Waals surface area (Å²) in [7, 11) is -1.18. The average Bonchev–Trinajstić information content (AvgIpc) is 3.04. The van der Waals surface area contributed by atoms with E-state index in [1.54, 1.807) is 0 Å². The Hall–Kier alpha value is -1.39. The molecular formula is C28H44N2OS. The fraction of sp³-hybridized carbons (Fsp3) is 0.643. The molecule has 0 saturated heterocycles. The first kappa shape index (κ1) is 25.2. The van der Waals surface area contributed by atoms with Crippen LogP contribution in [0.25, 0.3) is 11.3 Å². The van der Waals surface area contributed by atoms with Crippen LogP contribution >= 0.6 is 0 Å². The van der Waals surface area contributed by atoms with Gasteiger partial charge in [-0.15, -0.1) is 0 Å². The molecule has 2 aromatic rings. The maximum absolute atomic E-state index is 13.0. The normalized spacial score (nSPS) is 17.0. The van der Waals surface area contributed by atoms with E-state index < -0.39 is 11.0 Å². The molecule has 1 aliphatic rings. The molecule has 1 aliphatic carbocycles. The average molecular weight is 457 g/mol. The first-order chi connectivity index (χ1) is 14.9. The van der Waals surface area contributed by atoms with E-state index >= 15 is 0 Å². The molecule has 1 fully saturated rings. The zero-order chi connectivity index (χ0) is 23.7. The van der Waals surface area contributed by atoms with E-state index in [4.69, 9.17) is 0 Å². The van der Waals surface area contributed by atoms with Crippen LogP contribution < -0.4 is 4.72 Å². The zero-order valence-corrected chi connectivity index (χ0v) is 22.4. The molecule has 3 rings (SSSR count). The first-order valence-electron chi connectivity index (χ1n) is 12.4. The predicted octanol–water partition coefficient (Wildman–Crippen LogP) is 7.27. The van der Waals surface area contributed by atoms with Crippen LogP contribution in [0.4, 0.5) is 0 Å². The van der Waals surface area contributed by atoms with Crippen molar-refractivity contribution in [3.8, 4) is 11.3 Å². The highest BCUT2D eigenvalue weighted by Crippen LogP contribution is 2.37. The Morgan fingerprint density at radius 1 is 0.938 bits per heavy atom.